The molecule has 3 aromatic rings. The van der Waals surface area contributed by atoms with Gasteiger partial charge in [-0.1, -0.05) is 74.5 Å². The average Bonchev–Trinajstić information content (AvgIpc) is 3.04. The maximum Gasteiger partial charge on any atom is 0.251 e. The van der Waals surface area contributed by atoms with Crippen molar-refractivity contribution in [3.63, 3.8) is 0 Å². The van der Waals surface area contributed by atoms with Crippen LogP contribution in [0.3, 0.4) is 0 Å². The number of aliphatic hydroxyl groups excluding tert-OH is 1. The van der Waals surface area contributed by atoms with Crippen molar-refractivity contribution in [1.29, 1.82) is 0 Å². The number of anilines is 1. The van der Waals surface area contributed by atoms with Crippen molar-refractivity contribution in [3.8, 4) is 0 Å². The molecule has 1 aliphatic heterocycles. The van der Waals surface area contributed by atoms with Crippen LogP contribution in [-0.2, 0) is 21.3 Å². The lowest BCUT2D eigenvalue weighted by Gasteiger charge is -2.24. The lowest BCUT2D eigenvalue weighted by atomic mass is 10.0. The Kier molecular flexibility index (Phi) is 12.1. The minimum Gasteiger partial charge on any atom is -0.385 e. The number of carbonyl (C=O) groups is 2. The second-order valence-electron chi connectivity index (χ2n) is 12.0. The standard InChI is InChI=1S/C35H44N4O6S/c1-24(2)27-14-10-11-25(17-27)21-36-22-33(40)32-23-45-16-9-8-15-31(26-12-6-5-7-13-26)37-34(41)28-18-29(35(42)38-32)20-30(19-28)39(3)46(4,43)44/h5-14,17-20,24,31-33,36,40H,15-16,21-23H2,1-4H3,(H,37,41)(H,38,42)/p+1/b9-8+/t31-,32-,33+/m0/s1. The molecular formula is C35H45N4O6S+. The summed E-state index contributed by atoms with van der Waals surface area (Å²) >= 11 is 0. The molecule has 3 atom stereocenters. The van der Waals surface area contributed by atoms with Crippen molar-refractivity contribution >= 4 is 27.5 Å². The van der Waals surface area contributed by atoms with Gasteiger partial charge in [0.05, 0.1) is 37.2 Å². The monoisotopic (exact) mass is 649 g/mol. The van der Waals surface area contributed by atoms with Gasteiger partial charge in [-0.05, 0) is 47.7 Å². The van der Waals surface area contributed by atoms with Crippen molar-refractivity contribution in [3.05, 3.63) is 113 Å². The molecule has 0 radical (unpaired) electrons. The van der Waals surface area contributed by atoms with E-state index in [1.165, 1.54) is 30.8 Å². The van der Waals surface area contributed by atoms with Gasteiger partial charge in [-0.3, -0.25) is 13.9 Å². The molecule has 0 spiro atoms. The van der Waals surface area contributed by atoms with Gasteiger partial charge in [0.1, 0.15) is 19.2 Å². The van der Waals surface area contributed by atoms with E-state index < -0.39 is 34.0 Å². The Morgan fingerprint density at radius 3 is 2.33 bits per heavy atom. The molecule has 11 heteroatoms. The zero-order chi connectivity index (χ0) is 33.3. The van der Waals surface area contributed by atoms with E-state index in [1.54, 1.807) is 0 Å². The minimum absolute atomic E-state index is 0.0446. The third-order valence-electron chi connectivity index (χ3n) is 8.05. The molecule has 0 aromatic heterocycles. The van der Waals surface area contributed by atoms with E-state index in [4.69, 9.17) is 4.74 Å². The van der Waals surface area contributed by atoms with Crippen molar-refractivity contribution in [2.45, 2.75) is 50.9 Å². The van der Waals surface area contributed by atoms with Crippen LogP contribution in [0.1, 0.15) is 69.6 Å². The number of fused-ring (bicyclic) bond motifs is 2. The topological polar surface area (TPSA) is 142 Å². The lowest BCUT2D eigenvalue weighted by molar-refractivity contribution is -0.676. The Morgan fingerprint density at radius 1 is 0.957 bits per heavy atom. The van der Waals surface area contributed by atoms with Gasteiger partial charge in [-0.15, -0.1) is 0 Å². The van der Waals surface area contributed by atoms with E-state index >= 15 is 0 Å². The van der Waals surface area contributed by atoms with Gasteiger partial charge >= 0.3 is 0 Å². The van der Waals surface area contributed by atoms with Crippen LogP contribution in [-0.4, -0.2) is 70.5 Å². The number of carbonyl (C=O) groups excluding carboxylic acids is 2. The Balaban J connectivity index is 1.60. The first-order valence-electron chi connectivity index (χ1n) is 15.5. The predicted octanol–water partition coefficient (Wildman–Crippen LogP) is 2.88. The maximum absolute atomic E-state index is 13.6. The molecule has 46 heavy (non-hydrogen) atoms. The molecule has 0 unspecified atom stereocenters. The highest BCUT2D eigenvalue weighted by Crippen LogP contribution is 2.23. The molecule has 10 nitrogen and oxygen atoms in total. The number of sulfonamides is 1. The summed E-state index contributed by atoms with van der Waals surface area (Å²) in [6, 6.07) is 21.0. The summed E-state index contributed by atoms with van der Waals surface area (Å²) in [6.45, 7) is 5.54. The number of aliphatic hydroxyl groups is 1. The largest absolute Gasteiger partial charge is 0.385 e. The van der Waals surface area contributed by atoms with Gasteiger partial charge in [-0.25, -0.2) is 8.42 Å². The Hall–Kier alpha value is -4.03. The second-order valence-corrected chi connectivity index (χ2v) is 14.0. The smallest absolute Gasteiger partial charge is 0.251 e. The number of quaternary nitrogens is 1. The number of amides is 2. The van der Waals surface area contributed by atoms with Crippen LogP contribution in [0, 0.1) is 0 Å². The fourth-order valence-corrected chi connectivity index (χ4v) is 5.67. The average molecular weight is 650 g/mol. The SMILES string of the molecule is CC(C)c1cccc(C[NH2+]C[C@@H](O)[C@@H]2COC/C=C/C[C@@H](c3ccccc3)NC(=O)c3cc(cc(N(C)S(C)(=O)=O)c3)C(=O)N2)c1. The normalized spacial score (nSPS) is 19.3. The highest BCUT2D eigenvalue weighted by Gasteiger charge is 2.26. The molecule has 0 fully saturated rings. The van der Waals surface area contributed by atoms with Gasteiger partial charge in [0, 0.05) is 23.7 Å². The van der Waals surface area contributed by atoms with Crippen LogP contribution in [0.5, 0.6) is 0 Å². The van der Waals surface area contributed by atoms with Gasteiger partial charge < -0.3 is 25.8 Å². The van der Waals surface area contributed by atoms with Crippen molar-refractivity contribution in [1.82, 2.24) is 10.6 Å². The highest BCUT2D eigenvalue weighted by molar-refractivity contribution is 7.92. The van der Waals surface area contributed by atoms with Gasteiger partial charge in [0.2, 0.25) is 10.0 Å². The number of hydrogen-bond donors (Lipinski definition) is 4. The molecule has 5 N–H and O–H groups in total. The maximum atomic E-state index is 13.6. The van der Waals surface area contributed by atoms with Crippen LogP contribution in [0.4, 0.5) is 5.69 Å². The Labute approximate surface area is 271 Å². The summed E-state index contributed by atoms with van der Waals surface area (Å²) in [6.07, 6.45) is 4.33. The molecule has 1 heterocycles. The zero-order valence-electron chi connectivity index (χ0n) is 26.8. The molecule has 1 aliphatic rings. The Morgan fingerprint density at radius 2 is 1.65 bits per heavy atom. The molecular weight excluding hydrogens is 604 g/mol. The molecule has 0 saturated heterocycles. The first-order chi connectivity index (χ1) is 21.9. The number of nitrogens with two attached hydrogens (primary N) is 1. The van der Waals surface area contributed by atoms with Crippen LogP contribution >= 0.6 is 0 Å². The number of rotatable bonds is 9. The summed E-state index contributed by atoms with van der Waals surface area (Å²) in [7, 11) is -2.33. The highest BCUT2D eigenvalue weighted by atomic mass is 32.2. The molecule has 0 saturated carbocycles. The molecule has 246 valence electrons. The summed E-state index contributed by atoms with van der Waals surface area (Å²) < 4.78 is 31.7. The van der Waals surface area contributed by atoms with E-state index in [0.717, 1.165) is 21.7 Å². The van der Waals surface area contributed by atoms with Crippen molar-refractivity contribution in [2.75, 3.05) is 37.4 Å². The molecule has 2 bridgehead atoms. The van der Waals surface area contributed by atoms with E-state index in [0.29, 0.717) is 25.4 Å². The van der Waals surface area contributed by atoms with E-state index in [1.807, 2.05) is 59.9 Å². The van der Waals surface area contributed by atoms with Crippen LogP contribution < -0.4 is 20.3 Å². The number of ether oxygens (including phenoxy) is 1. The lowest BCUT2D eigenvalue weighted by Crippen LogP contribution is -2.86. The quantitative estimate of drug-likeness (QED) is 0.263. The third-order valence-corrected chi connectivity index (χ3v) is 9.25. The van der Waals surface area contributed by atoms with Gasteiger partial charge in [0.15, 0.2) is 0 Å². The molecule has 2 amide bonds. The minimum atomic E-state index is -3.70. The predicted molar refractivity (Wildman–Crippen MR) is 179 cm³/mol. The molecule has 0 aliphatic carbocycles. The first kappa shape index (κ1) is 34.8. The fourth-order valence-electron chi connectivity index (χ4n) is 5.18. The van der Waals surface area contributed by atoms with Crippen molar-refractivity contribution < 1.29 is 33.2 Å². The zero-order valence-corrected chi connectivity index (χ0v) is 27.7. The van der Waals surface area contributed by atoms with E-state index in [-0.39, 0.29) is 36.1 Å². The summed E-state index contributed by atoms with van der Waals surface area (Å²) in [4.78, 5) is 27.2. The van der Waals surface area contributed by atoms with Gasteiger partial charge in [0.25, 0.3) is 11.8 Å². The second kappa shape index (κ2) is 16.0. The van der Waals surface area contributed by atoms with Gasteiger partial charge in [-0.2, -0.15) is 0 Å². The first-order valence-corrected chi connectivity index (χ1v) is 17.3. The number of nitrogens with one attached hydrogen (secondary N) is 2. The summed E-state index contributed by atoms with van der Waals surface area (Å²) in [5.41, 5.74) is 3.64. The third kappa shape index (κ3) is 9.73. The molecule has 4 rings (SSSR count). The van der Waals surface area contributed by atoms with Crippen LogP contribution in [0.2, 0.25) is 0 Å². The summed E-state index contributed by atoms with van der Waals surface area (Å²) in [5.74, 6) is -0.619. The molecule has 3 aromatic carbocycles. The van der Waals surface area contributed by atoms with E-state index in [9.17, 15) is 23.1 Å². The Bertz CT molecular complexity index is 1630. The number of nitrogens with zero attached hydrogens (tertiary/aromatic N) is 1. The number of hydrogen-bond acceptors (Lipinski definition) is 6. The summed E-state index contributed by atoms with van der Waals surface area (Å²) in [5, 5.41) is 19.1. The van der Waals surface area contributed by atoms with Crippen molar-refractivity contribution in [2.24, 2.45) is 0 Å². The number of benzene rings is 3. The van der Waals surface area contributed by atoms with E-state index in [2.05, 4.69) is 36.6 Å². The van der Waals surface area contributed by atoms with Crippen LogP contribution in [0.15, 0.2) is 84.9 Å². The van der Waals surface area contributed by atoms with Crippen LogP contribution in [0.25, 0.3) is 0 Å². The fraction of sp³-hybridized carbons (Fsp3) is 0.371.